The van der Waals surface area contributed by atoms with Crippen molar-refractivity contribution in [3.05, 3.63) is 22.3 Å². The number of nitrogens with zero attached hydrogens (tertiary/aromatic N) is 2. The molecule has 0 bridgehead atoms. The van der Waals surface area contributed by atoms with Crippen molar-refractivity contribution in [2.24, 2.45) is 4.99 Å². The number of aliphatic imine (C=N–C) groups is 1. The van der Waals surface area contributed by atoms with Gasteiger partial charge in [-0.25, -0.2) is 4.98 Å². The normalized spacial score (nSPS) is 10.3. The molecule has 0 unspecified atom stereocenters. The summed E-state index contributed by atoms with van der Waals surface area (Å²) in [7, 11) is 0. The molecule has 0 aromatic carbocycles. The number of nitrogens with one attached hydrogen (secondary N) is 3. The third-order valence-electron chi connectivity index (χ3n) is 2.18. The Morgan fingerprint density at radius 1 is 1.43 bits per heavy atom. The Labute approximate surface area is 152 Å². The molecule has 21 heavy (non-hydrogen) atoms. The van der Waals surface area contributed by atoms with Gasteiger partial charge in [0.15, 0.2) is 5.96 Å². The van der Waals surface area contributed by atoms with Gasteiger partial charge in [0.2, 0.25) is 0 Å². The van der Waals surface area contributed by atoms with Crippen LogP contribution in [0, 0.1) is 12.3 Å². The van der Waals surface area contributed by atoms with E-state index in [2.05, 4.69) is 31.8 Å². The van der Waals surface area contributed by atoms with E-state index in [4.69, 9.17) is 29.6 Å². The largest absolute Gasteiger partial charge is 0.367 e. The Bertz CT molecular complexity index is 502. The van der Waals surface area contributed by atoms with Gasteiger partial charge in [-0.05, 0) is 13.0 Å². The van der Waals surface area contributed by atoms with Crippen LogP contribution in [0.2, 0.25) is 10.0 Å². The molecule has 0 amide bonds. The highest BCUT2D eigenvalue weighted by Crippen LogP contribution is 2.21. The number of rotatable bonds is 6. The zero-order chi connectivity index (χ0) is 14.8. The predicted molar refractivity (Wildman–Crippen MR) is 101 cm³/mol. The van der Waals surface area contributed by atoms with Gasteiger partial charge in [0.25, 0.3) is 0 Å². The number of anilines is 1. The number of halogens is 3. The molecule has 0 spiro atoms. The van der Waals surface area contributed by atoms with Gasteiger partial charge in [-0.3, -0.25) is 4.99 Å². The van der Waals surface area contributed by atoms with E-state index >= 15 is 0 Å². The topological polar surface area (TPSA) is 61.3 Å². The van der Waals surface area contributed by atoms with E-state index in [0.29, 0.717) is 41.5 Å². The van der Waals surface area contributed by atoms with E-state index in [1.807, 2.05) is 6.92 Å². The molecule has 0 radical (unpaired) electrons. The lowest BCUT2D eigenvalue weighted by molar-refractivity contribution is 0.864. The van der Waals surface area contributed by atoms with E-state index in [1.54, 1.807) is 6.07 Å². The highest BCUT2D eigenvalue weighted by molar-refractivity contribution is 14.0. The highest BCUT2D eigenvalue weighted by Gasteiger charge is 2.01. The molecule has 0 atom stereocenters. The molecule has 0 aliphatic carbocycles. The smallest absolute Gasteiger partial charge is 0.192 e. The van der Waals surface area contributed by atoms with E-state index in [-0.39, 0.29) is 24.0 Å². The molecule has 0 saturated heterocycles. The van der Waals surface area contributed by atoms with Gasteiger partial charge in [-0.15, -0.1) is 30.4 Å². The molecule has 0 fully saturated rings. The van der Waals surface area contributed by atoms with Crippen molar-refractivity contribution in [2.45, 2.75) is 6.92 Å². The highest BCUT2D eigenvalue weighted by atomic mass is 127. The standard InChI is InChI=1S/C13H17Cl2N5.HI/c1-3-5-18-13(16-4-2)19-7-6-17-12-11(15)8-10(14)9-20-12;/h1,8-9H,4-7H2,2H3,(H,17,20)(H2,16,18,19);1H. The molecule has 1 rings (SSSR count). The molecule has 1 aromatic rings. The Morgan fingerprint density at radius 2 is 2.19 bits per heavy atom. The molecule has 8 heteroatoms. The molecule has 5 nitrogen and oxygen atoms in total. The van der Waals surface area contributed by atoms with Crippen molar-refractivity contribution in [2.75, 3.05) is 31.5 Å². The Morgan fingerprint density at radius 3 is 2.81 bits per heavy atom. The fraction of sp³-hybridized carbons (Fsp3) is 0.385. The molecule has 116 valence electrons. The lowest BCUT2D eigenvalue weighted by atomic mass is 10.4. The summed E-state index contributed by atoms with van der Waals surface area (Å²) in [6.45, 7) is 4.35. The lowest BCUT2D eigenvalue weighted by Crippen LogP contribution is -2.37. The van der Waals surface area contributed by atoms with Gasteiger partial charge in [0.1, 0.15) is 5.82 Å². The van der Waals surface area contributed by atoms with Gasteiger partial charge in [0, 0.05) is 19.3 Å². The average Bonchev–Trinajstić information content (AvgIpc) is 2.42. The van der Waals surface area contributed by atoms with Crippen LogP contribution in [0.5, 0.6) is 0 Å². The van der Waals surface area contributed by atoms with Crippen molar-refractivity contribution in [1.82, 2.24) is 15.6 Å². The van der Waals surface area contributed by atoms with Crippen molar-refractivity contribution >= 4 is 59.0 Å². The fourth-order valence-electron chi connectivity index (χ4n) is 1.36. The first-order valence-electron chi connectivity index (χ1n) is 6.18. The van der Waals surface area contributed by atoms with Crippen LogP contribution < -0.4 is 16.0 Å². The summed E-state index contributed by atoms with van der Waals surface area (Å²) in [5.41, 5.74) is 0. The molecule has 0 saturated carbocycles. The van der Waals surface area contributed by atoms with Crippen molar-refractivity contribution < 1.29 is 0 Å². The lowest BCUT2D eigenvalue weighted by Gasteiger charge is -2.09. The SMILES string of the molecule is C#CCNC(=NCCNc1ncc(Cl)cc1Cl)NCC.I. The second-order valence-corrected chi connectivity index (χ2v) is 4.57. The average molecular weight is 442 g/mol. The fourth-order valence-corrected chi connectivity index (χ4v) is 1.81. The van der Waals surface area contributed by atoms with Crippen LogP contribution in [0.15, 0.2) is 17.3 Å². The maximum atomic E-state index is 6.00. The van der Waals surface area contributed by atoms with Gasteiger partial charge >= 0.3 is 0 Å². The maximum absolute atomic E-state index is 6.00. The summed E-state index contributed by atoms with van der Waals surface area (Å²) < 4.78 is 0. The maximum Gasteiger partial charge on any atom is 0.192 e. The second kappa shape index (κ2) is 11.7. The predicted octanol–water partition coefficient (Wildman–Crippen LogP) is 2.61. The Kier molecular flexibility index (Phi) is 11.2. The molecule has 3 N–H and O–H groups in total. The van der Waals surface area contributed by atoms with Crippen LogP contribution in [-0.4, -0.2) is 37.1 Å². The number of terminal acetylenes is 1. The summed E-state index contributed by atoms with van der Waals surface area (Å²) in [6.07, 6.45) is 6.73. The number of hydrogen-bond donors (Lipinski definition) is 3. The first kappa shape index (κ1) is 20.1. The zero-order valence-corrected chi connectivity index (χ0v) is 15.5. The van der Waals surface area contributed by atoms with E-state index < -0.39 is 0 Å². The van der Waals surface area contributed by atoms with Crippen LogP contribution in [0.3, 0.4) is 0 Å². The van der Waals surface area contributed by atoms with Gasteiger partial charge in [0.05, 0.1) is 23.1 Å². The zero-order valence-electron chi connectivity index (χ0n) is 11.6. The second-order valence-electron chi connectivity index (χ2n) is 3.73. The Balaban J connectivity index is 0.00000400. The summed E-state index contributed by atoms with van der Waals surface area (Å²) in [5, 5.41) is 10.2. The van der Waals surface area contributed by atoms with E-state index in [1.165, 1.54) is 6.20 Å². The summed E-state index contributed by atoms with van der Waals surface area (Å²) >= 11 is 11.8. The number of guanidine groups is 1. The monoisotopic (exact) mass is 441 g/mol. The Hall–Kier alpha value is -0.910. The van der Waals surface area contributed by atoms with E-state index in [9.17, 15) is 0 Å². The minimum atomic E-state index is 0. The van der Waals surface area contributed by atoms with Crippen LogP contribution in [0.1, 0.15) is 6.92 Å². The first-order valence-corrected chi connectivity index (χ1v) is 6.93. The molecule has 0 aliphatic heterocycles. The van der Waals surface area contributed by atoms with Crippen molar-refractivity contribution in [1.29, 1.82) is 0 Å². The number of aromatic nitrogens is 1. The molecule has 1 aromatic heterocycles. The van der Waals surface area contributed by atoms with Crippen LogP contribution >= 0.6 is 47.2 Å². The molecular weight excluding hydrogens is 424 g/mol. The third-order valence-corrected chi connectivity index (χ3v) is 2.68. The van der Waals surface area contributed by atoms with Gasteiger partial charge in [-0.2, -0.15) is 0 Å². The minimum absolute atomic E-state index is 0. The minimum Gasteiger partial charge on any atom is -0.367 e. The summed E-state index contributed by atoms with van der Waals surface area (Å²) in [6, 6.07) is 1.64. The van der Waals surface area contributed by atoms with Crippen LogP contribution in [-0.2, 0) is 0 Å². The summed E-state index contributed by atoms with van der Waals surface area (Å²) in [5.74, 6) is 3.77. The van der Waals surface area contributed by atoms with Crippen LogP contribution in [0.25, 0.3) is 0 Å². The molecular formula is C13H18Cl2IN5. The first-order chi connectivity index (χ1) is 9.67. The van der Waals surface area contributed by atoms with Crippen molar-refractivity contribution in [3.8, 4) is 12.3 Å². The molecule has 0 aliphatic rings. The third kappa shape index (κ3) is 8.19. The van der Waals surface area contributed by atoms with Crippen molar-refractivity contribution in [3.63, 3.8) is 0 Å². The van der Waals surface area contributed by atoms with Gasteiger partial charge in [-0.1, -0.05) is 29.1 Å². The number of pyridine rings is 1. The van der Waals surface area contributed by atoms with Gasteiger partial charge < -0.3 is 16.0 Å². The van der Waals surface area contributed by atoms with Crippen LogP contribution in [0.4, 0.5) is 5.82 Å². The quantitative estimate of drug-likeness (QED) is 0.209. The number of hydrogen-bond acceptors (Lipinski definition) is 3. The van der Waals surface area contributed by atoms with E-state index in [0.717, 1.165) is 6.54 Å². The summed E-state index contributed by atoms with van der Waals surface area (Å²) in [4.78, 5) is 8.45. The molecule has 1 heterocycles.